The molecule has 86 heavy (non-hydrogen) atoms. The summed E-state index contributed by atoms with van der Waals surface area (Å²) in [4.78, 5) is 116. The van der Waals surface area contributed by atoms with Crippen LogP contribution >= 0.6 is 0 Å². The second-order valence-corrected chi connectivity index (χ2v) is 21.1. The number of H-pyrrole nitrogens is 5. The molecule has 0 fully saturated rings. The van der Waals surface area contributed by atoms with E-state index in [4.69, 9.17) is 32.8 Å². The number of aliphatic carboxylic acids is 1. The Hall–Kier alpha value is -10.7. The molecule has 0 saturated heterocycles. The summed E-state index contributed by atoms with van der Waals surface area (Å²) in [6.07, 6.45) is 9.17. The van der Waals surface area contributed by atoms with Crippen LogP contribution in [0.25, 0.3) is 54.5 Å². The number of benzene rings is 5. The van der Waals surface area contributed by atoms with Gasteiger partial charge in [0.1, 0.15) is 30.2 Å². The summed E-state index contributed by atoms with van der Waals surface area (Å²) in [6.45, 7) is 1.22. The van der Waals surface area contributed by atoms with E-state index in [-0.39, 0.29) is 57.5 Å². The topological polar surface area (TPSA) is 395 Å². The van der Waals surface area contributed by atoms with Gasteiger partial charge in [-0.3, -0.25) is 38.6 Å². The molecule has 6 atom stereocenters. The Morgan fingerprint density at radius 2 is 0.686 bits per heavy atom. The van der Waals surface area contributed by atoms with Gasteiger partial charge in [-0.1, -0.05) is 91.0 Å². The van der Waals surface area contributed by atoms with Crippen LogP contribution in [0.1, 0.15) is 47.6 Å². The lowest BCUT2D eigenvalue weighted by Crippen LogP contribution is -2.60. The van der Waals surface area contributed by atoms with Crippen LogP contribution < -0.4 is 49.5 Å². The first-order valence-electron chi connectivity index (χ1n) is 28.1. The van der Waals surface area contributed by atoms with Crippen molar-refractivity contribution in [2.75, 3.05) is 6.54 Å². The predicted molar refractivity (Wildman–Crippen MR) is 330 cm³/mol. The highest BCUT2D eigenvalue weighted by molar-refractivity contribution is 5.99. The number of hydrogen-bond donors (Lipinski definition) is 15. The Morgan fingerprint density at radius 3 is 1.00 bits per heavy atom. The van der Waals surface area contributed by atoms with Crippen LogP contribution in [0.5, 0.6) is 0 Å². The minimum atomic E-state index is -1.37. The van der Waals surface area contributed by atoms with Crippen molar-refractivity contribution >= 4 is 102 Å². The molecular weight excluding hydrogens is 1090 g/mol. The van der Waals surface area contributed by atoms with Crippen molar-refractivity contribution in [2.45, 2.75) is 88.1 Å². The number of hydrogen-bond acceptors (Lipinski definition) is 9. The molecule has 23 heteroatoms. The van der Waals surface area contributed by atoms with Gasteiger partial charge in [0.2, 0.25) is 35.4 Å². The molecule has 23 nitrogen and oxygen atoms in total. The summed E-state index contributed by atoms with van der Waals surface area (Å²) in [5, 5.41) is 26.1. The third kappa shape index (κ3) is 14.9. The average molecular weight is 1160 g/mol. The van der Waals surface area contributed by atoms with E-state index in [0.717, 1.165) is 72.6 Å². The number of carbonyl (C=O) groups excluding carboxylic acids is 6. The first-order valence-corrected chi connectivity index (χ1v) is 28.1. The van der Waals surface area contributed by atoms with Gasteiger partial charge in [-0.2, -0.15) is 0 Å². The van der Waals surface area contributed by atoms with Crippen LogP contribution in [0, 0.1) is 0 Å². The van der Waals surface area contributed by atoms with Crippen molar-refractivity contribution in [3.8, 4) is 0 Å². The molecule has 0 aliphatic carbocycles. The number of carbonyl (C=O) groups is 7. The van der Waals surface area contributed by atoms with Gasteiger partial charge >= 0.3 is 0 Å². The van der Waals surface area contributed by atoms with Crippen LogP contribution in [0.3, 0.4) is 0 Å². The molecule has 5 heterocycles. The zero-order valence-electron chi connectivity index (χ0n) is 47.1. The largest absolute Gasteiger partial charge is 0.481 e. The molecule has 0 spiro atoms. The second kappa shape index (κ2) is 27.6. The highest BCUT2D eigenvalue weighted by atomic mass is 16.4. The maximum absolute atomic E-state index is 15.3. The number of carboxylic acids is 1. The van der Waals surface area contributed by atoms with Crippen molar-refractivity contribution in [3.63, 3.8) is 0 Å². The number of nitrogens with one attached hydrogen (secondary N) is 10. The summed E-state index contributed by atoms with van der Waals surface area (Å²) in [5.74, 6) is -5.25. The van der Waals surface area contributed by atoms with Crippen molar-refractivity contribution in [1.82, 2.24) is 51.5 Å². The van der Waals surface area contributed by atoms with E-state index in [2.05, 4.69) is 56.5 Å². The lowest BCUT2D eigenvalue weighted by molar-refractivity contribution is -0.135. The number of nitrogens with zero attached hydrogens (tertiary/aromatic N) is 1. The highest BCUT2D eigenvalue weighted by Crippen LogP contribution is 2.25. The van der Waals surface area contributed by atoms with Gasteiger partial charge in [0.15, 0.2) is 5.96 Å². The molecule has 10 aromatic rings. The number of rotatable bonds is 25. The van der Waals surface area contributed by atoms with Crippen molar-refractivity contribution < 1.29 is 38.7 Å². The number of aliphatic imine (C=N–C) groups is 1. The number of carboxylic acid groups (broad SMARTS) is 1. The minimum absolute atomic E-state index is 0.0329. The summed E-state index contributed by atoms with van der Waals surface area (Å²) < 4.78 is 0. The number of aromatic nitrogens is 5. The summed E-state index contributed by atoms with van der Waals surface area (Å²) in [7, 11) is 0. The minimum Gasteiger partial charge on any atom is -0.481 e. The zero-order chi connectivity index (χ0) is 60.9. The molecule has 10 rings (SSSR count). The molecule has 0 radical (unpaired) electrons. The number of primary amides is 1. The van der Waals surface area contributed by atoms with Crippen molar-refractivity contribution in [2.24, 2.45) is 27.9 Å². The fourth-order valence-electron chi connectivity index (χ4n) is 10.7. The maximum atomic E-state index is 15.3. The van der Waals surface area contributed by atoms with Crippen LogP contribution in [0.4, 0.5) is 0 Å². The van der Waals surface area contributed by atoms with Gasteiger partial charge in [-0.25, -0.2) is 0 Å². The first kappa shape index (κ1) is 59.9. The molecule has 0 aliphatic rings. The van der Waals surface area contributed by atoms with E-state index in [1.54, 1.807) is 31.0 Å². The molecule has 0 saturated carbocycles. The Bertz CT molecular complexity index is 4090. The molecular formula is C63H69N15O8. The lowest BCUT2D eigenvalue weighted by atomic mass is 9.99. The predicted octanol–water partition coefficient (Wildman–Crippen LogP) is 3.99. The fourth-order valence-corrected chi connectivity index (χ4v) is 10.7. The molecule has 6 amide bonds. The lowest BCUT2D eigenvalue weighted by Gasteiger charge is -2.27. The molecule has 19 N–H and O–H groups in total. The normalized spacial score (nSPS) is 13.4. The second-order valence-electron chi connectivity index (χ2n) is 21.1. The summed E-state index contributed by atoms with van der Waals surface area (Å²) in [6, 6.07) is 30.2. The van der Waals surface area contributed by atoms with Gasteiger partial charge in [0.05, 0.1) is 6.04 Å². The Labute approximate surface area is 492 Å². The third-order valence-corrected chi connectivity index (χ3v) is 15.0. The SMILES string of the molecule is CC(=O)O.NC(=O)[C@H](Cc1c[nH]c2ccccc12)NC(=O)[C@H](Cc1c[nH]c2ccccc12)NC(=O)[C@H](Cc1c[nH]c2ccccc12)NC(=O)[C@H](Cc1c[nH]c2ccccc12)NC(=O)[C@H](CCCN=C(N)N)NC(=O)[C@@H](N)Cc1c[nH]c2ccccc12. The monoisotopic (exact) mass is 1160 g/mol. The van der Waals surface area contributed by atoms with E-state index in [9.17, 15) is 19.2 Å². The highest BCUT2D eigenvalue weighted by Gasteiger charge is 2.35. The Kier molecular flexibility index (Phi) is 19.2. The Balaban J connectivity index is 0.00000214. The van der Waals surface area contributed by atoms with Crippen LogP contribution in [0.15, 0.2) is 157 Å². The third-order valence-electron chi connectivity index (χ3n) is 15.0. The molecule has 444 valence electrons. The molecule has 0 bridgehead atoms. The van der Waals surface area contributed by atoms with Gasteiger partial charge in [-0.15, -0.1) is 0 Å². The Morgan fingerprint density at radius 1 is 0.419 bits per heavy atom. The van der Waals surface area contributed by atoms with Crippen LogP contribution in [0.2, 0.25) is 0 Å². The average Bonchev–Trinajstić information content (AvgIpc) is 3.77. The van der Waals surface area contributed by atoms with E-state index in [1.165, 1.54) is 0 Å². The van der Waals surface area contributed by atoms with E-state index >= 15 is 9.59 Å². The summed E-state index contributed by atoms with van der Waals surface area (Å²) in [5.41, 5.74) is 31.5. The zero-order valence-corrected chi connectivity index (χ0v) is 47.1. The number of nitrogens with two attached hydrogens (primary N) is 4. The van der Waals surface area contributed by atoms with Crippen molar-refractivity contribution in [1.29, 1.82) is 0 Å². The van der Waals surface area contributed by atoms with Gasteiger partial charge in [0.25, 0.3) is 5.97 Å². The van der Waals surface area contributed by atoms with Crippen LogP contribution in [-0.4, -0.2) is 120 Å². The molecule has 0 unspecified atom stereocenters. The first-order chi connectivity index (χ1) is 41.5. The van der Waals surface area contributed by atoms with Crippen LogP contribution in [-0.2, 0) is 65.7 Å². The standard InChI is InChI=1S/C61H65N15O6.C2H4O2/c62-44(24-34-29-67-45-17-6-1-12-39(34)45)56(78)72-50(22-11-23-66-61(64)65)57(79)74-53(27-37-32-70-48-20-9-4-15-42(37)48)59(81)76-54(28-38-33-71-49-21-10-5-16-43(38)49)60(82)75-52(26-36-31-69-47-19-8-3-14-41(36)47)58(80)73-51(55(63)77)25-35-30-68-46-18-7-2-13-40(35)46;1-2(3)4/h1-10,12-21,29-33,44,50-54,67-71H,11,22-28,62H2,(H2,63,77)(H,72,78)(H,73,80)(H,74,79)(H,75,82)(H,76,81)(H4,64,65,66);1H3,(H,3,4)/t44-,50-,51-,52-,53-,54-;/m0./s1. The van der Waals surface area contributed by atoms with E-state index in [1.807, 2.05) is 121 Å². The summed E-state index contributed by atoms with van der Waals surface area (Å²) >= 11 is 0. The van der Waals surface area contributed by atoms with Gasteiger partial charge in [0, 0.05) is 125 Å². The maximum Gasteiger partial charge on any atom is 0.300 e. The van der Waals surface area contributed by atoms with E-state index < -0.39 is 77.7 Å². The van der Waals surface area contributed by atoms with Gasteiger partial charge < -0.3 is 79.5 Å². The van der Waals surface area contributed by atoms with E-state index in [0.29, 0.717) is 16.7 Å². The molecule has 0 aliphatic heterocycles. The number of fused-ring (bicyclic) bond motifs is 5. The number of aromatic amines is 5. The number of para-hydroxylation sites is 5. The smallest absolute Gasteiger partial charge is 0.300 e. The quantitative estimate of drug-likeness (QED) is 0.0220. The molecule has 5 aromatic carbocycles. The van der Waals surface area contributed by atoms with Gasteiger partial charge in [-0.05, 0) is 77.4 Å². The number of amides is 6. The number of guanidine groups is 1. The van der Waals surface area contributed by atoms with Crippen molar-refractivity contribution in [3.05, 3.63) is 180 Å². The molecule has 5 aromatic heterocycles. The fraction of sp³-hybridized carbons (Fsp3) is 0.238.